The molecule has 1 aliphatic rings. The molecule has 1 fully saturated rings. The van der Waals surface area contributed by atoms with Gasteiger partial charge in [-0.1, -0.05) is 6.92 Å². The summed E-state index contributed by atoms with van der Waals surface area (Å²) in [6.07, 6.45) is 5.26. The number of rotatable bonds is 4. The summed E-state index contributed by atoms with van der Waals surface area (Å²) in [5, 5.41) is 9.85. The highest BCUT2D eigenvalue weighted by Gasteiger charge is 2.25. The minimum atomic E-state index is 0.187. The Kier molecular flexibility index (Phi) is 5.11. The van der Waals surface area contributed by atoms with Crippen molar-refractivity contribution >= 4 is 15.9 Å². The second-order valence-electron chi connectivity index (χ2n) is 5.31. The van der Waals surface area contributed by atoms with E-state index < -0.39 is 0 Å². The van der Waals surface area contributed by atoms with Gasteiger partial charge in [0.1, 0.15) is 6.54 Å². The summed E-state index contributed by atoms with van der Waals surface area (Å²) >= 11 is 3.40. The van der Waals surface area contributed by atoms with Gasteiger partial charge < -0.3 is 14.7 Å². The van der Waals surface area contributed by atoms with Crippen LogP contribution in [0.1, 0.15) is 38.2 Å². The Balaban J connectivity index is 2.16. The quantitative estimate of drug-likeness (QED) is 0.890. The van der Waals surface area contributed by atoms with Crippen molar-refractivity contribution in [2.24, 2.45) is 0 Å². The molecule has 0 saturated carbocycles. The minimum absolute atomic E-state index is 0.187. The Morgan fingerprint density at radius 3 is 2.89 bits per heavy atom. The van der Waals surface area contributed by atoms with Gasteiger partial charge in [0.15, 0.2) is 11.5 Å². The highest BCUT2D eigenvalue weighted by molar-refractivity contribution is 9.10. The van der Waals surface area contributed by atoms with Crippen molar-refractivity contribution in [3.05, 3.63) is 22.2 Å². The molecule has 19 heavy (non-hydrogen) atoms. The number of likely N-dealkylation sites (tertiary alicyclic amines) is 1. The first-order chi connectivity index (χ1) is 9.15. The molecule has 0 aromatic heterocycles. The number of hydrogen-bond acceptors (Lipinski definition) is 2. The smallest absolute Gasteiger partial charge is 0.172 e. The molecule has 106 valence electrons. The van der Waals surface area contributed by atoms with Crippen LogP contribution in [-0.4, -0.2) is 24.8 Å². The molecule has 2 rings (SSSR count). The predicted molar refractivity (Wildman–Crippen MR) is 79.8 cm³/mol. The van der Waals surface area contributed by atoms with Crippen molar-refractivity contribution in [1.29, 1.82) is 0 Å². The molecule has 0 amide bonds. The Morgan fingerprint density at radius 2 is 2.21 bits per heavy atom. The van der Waals surface area contributed by atoms with E-state index >= 15 is 0 Å². The maximum absolute atomic E-state index is 9.85. The lowest BCUT2D eigenvalue weighted by Crippen LogP contribution is -3.15. The molecular weight excluding hydrogens is 306 g/mol. The molecule has 3 nitrogen and oxygen atoms in total. The molecule has 1 aromatic rings. The zero-order chi connectivity index (χ0) is 13.8. The number of phenolic OH excluding ortho intramolecular Hbond substituents is 1. The standard InChI is InChI=1S/C15H22BrNO2/c1-3-12-6-4-5-7-17(12)10-11-8-13(16)15(18)14(9-11)19-2/h8-9,12,18H,3-7,10H2,1-2H3/p+1/t12-/m1/s1. The number of nitrogens with one attached hydrogen (secondary N) is 1. The van der Waals surface area contributed by atoms with Crippen molar-refractivity contribution in [3.8, 4) is 11.5 Å². The summed E-state index contributed by atoms with van der Waals surface area (Å²) in [7, 11) is 1.59. The summed E-state index contributed by atoms with van der Waals surface area (Å²) in [6, 6.07) is 4.73. The van der Waals surface area contributed by atoms with Gasteiger partial charge >= 0.3 is 0 Å². The van der Waals surface area contributed by atoms with Gasteiger partial charge in [0.25, 0.3) is 0 Å². The van der Waals surface area contributed by atoms with E-state index in [0.717, 1.165) is 12.6 Å². The van der Waals surface area contributed by atoms with E-state index in [4.69, 9.17) is 4.74 Å². The van der Waals surface area contributed by atoms with Crippen molar-refractivity contribution in [2.75, 3.05) is 13.7 Å². The zero-order valence-electron chi connectivity index (χ0n) is 11.7. The molecule has 0 radical (unpaired) electrons. The van der Waals surface area contributed by atoms with E-state index in [1.54, 1.807) is 12.0 Å². The SMILES string of the molecule is CC[C@@H]1CCCC[NH+]1Cc1cc(Br)c(O)c(OC)c1. The molecule has 2 N–H and O–H groups in total. The van der Waals surface area contributed by atoms with Gasteiger partial charge in [0.05, 0.1) is 24.2 Å². The van der Waals surface area contributed by atoms with Crippen molar-refractivity contribution in [3.63, 3.8) is 0 Å². The number of phenols is 1. The van der Waals surface area contributed by atoms with Gasteiger partial charge in [0, 0.05) is 5.56 Å². The Hall–Kier alpha value is -0.740. The number of piperidine rings is 1. The molecule has 1 aromatic carbocycles. The average Bonchev–Trinajstić information content (AvgIpc) is 2.43. The summed E-state index contributed by atoms with van der Waals surface area (Å²) < 4.78 is 5.93. The highest BCUT2D eigenvalue weighted by atomic mass is 79.9. The zero-order valence-corrected chi connectivity index (χ0v) is 13.3. The molecule has 0 bridgehead atoms. The van der Waals surface area contributed by atoms with Crippen LogP contribution in [0.15, 0.2) is 16.6 Å². The molecule has 1 heterocycles. The van der Waals surface area contributed by atoms with Crippen LogP contribution in [0.2, 0.25) is 0 Å². The van der Waals surface area contributed by atoms with Crippen LogP contribution in [0.3, 0.4) is 0 Å². The van der Waals surface area contributed by atoms with Gasteiger partial charge in [-0.15, -0.1) is 0 Å². The van der Waals surface area contributed by atoms with Crippen LogP contribution in [0.25, 0.3) is 0 Å². The summed E-state index contributed by atoms with van der Waals surface area (Å²) in [5.74, 6) is 0.737. The van der Waals surface area contributed by atoms with Crippen molar-refractivity contribution in [2.45, 2.75) is 45.2 Å². The third-order valence-corrected chi connectivity index (χ3v) is 4.71. The van der Waals surface area contributed by atoms with Crippen LogP contribution in [0.5, 0.6) is 11.5 Å². The number of hydrogen-bond donors (Lipinski definition) is 2. The highest BCUT2D eigenvalue weighted by Crippen LogP contribution is 2.35. The van der Waals surface area contributed by atoms with E-state index in [1.807, 2.05) is 12.1 Å². The lowest BCUT2D eigenvalue weighted by atomic mass is 9.99. The van der Waals surface area contributed by atoms with Crippen molar-refractivity contribution in [1.82, 2.24) is 0 Å². The normalized spacial score (nSPS) is 23.3. The van der Waals surface area contributed by atoms with E-state index in [0.29, 0.717) is 10.2 Å². The lowest BCUT2D eigenvalue weighted by molar-refractivity contribution is -0.944. The van der Waals surface area contributed by atoms with Crippen LogP contribution >= 0.6 is 15.9 Å². The van der Waals surface area contributed by atoms with Gasteiger partial charge in [-0.3, -0.25) is 0 Å². The summed E-state index contributed by atoms with van der Waals surface area (Å²) in [6.45, 7) is 4.54. The summed E-state index contributed by atoms with van der Waals surface area (Å²) in [5.41, 5.74) is 1.22. The van der Waals surface area contributed by atoms with Crippen LogP contribution in [0.4, 0.5) is 0 Å². The van der Waals surface area contributed by atoms with Crippen LogP contribution < -0.4 is 9.64 Å². The molecule has 1 aliphatic heterocycles. The van der Waals surface area contributed by atoms with Crippen molar-refractivity contribution < 1.29 is 14.7 Å². The monoisotopic (exact) mass is 328 g/mol. The van der Waals surface area contributed by atoms with E-state index in [2.05, 4.69) is 22.9 Å². The molecule has 0 aliphatic carbocycles. The Bertz CT molecular complexity index is 436. The molecule has 2 atom stereocenters. The fourth-order valence-corrected chi connectivity index (χ4v) is 3.51. The third-order valence-electron chi connectivity index (χ3n) is 4.11. The molecular formula is C15H23BrNO2+. The first-order valence-electron chi connectivity index (χ1n) is 7.05. The first kappa shape index (κ1) is 14.7. The van der Waals surface area contributed by atoms with Crippen LogP contribution in [-0.2, 0) is 6.54 Å². The van der Waals surface area contributed by atoms with E-state index in [1.165, 1.54) is 37.8 Å². The number of methoxy groups -OCH3 is 1. The maximum Gasteiger partial charge on any atom is 0.172 e. The average molecular weight is 329 g/mol. The second kappa shape index (κ2) is 6.62. The summed E-state index contributed by atoms with van der Waals surface area (Å²) in [4.78, 5) is 1.66. The fraction of sp³-hybridized carbons (Fsp3) is 0.600. The van der Waals surface area contributed by atoms with Crippen LogP contribution in [0, 0.1) is 0 Å². The molecule has 1 unspecified atom stereocenters. The molecule has 0 spiro atoms. The van der Waals surface area contributed by atoms with Gasteiger partial charge in [-0.25, -0.2) is 0 Å². The fourth-order valence-electron chi connectivity index (χ4n) is 3.02. The predicted octanol–water partition coefficient (Wildman–Crippen LogP) is 2.51. The Labute approximate surface area is 123 Å². The maximum atomic E-state index is 9.85. The molecule has 4 heteroatoms. The Morgan fingerprint density at radius 1 is 1.42 bits per heavy atom. The van der Waals surface area contributed by atoms with Gasteiger partial charge in [-0.2, -0.15) is 0 Å². The minimum Gasteiger partial charge on any atom is -0.503 e. The molecule has 1 saturated heterocycles. The number of halogens is 1. The van der Waals surface area contributed by atoms with E-state index in [-0.39, 0.29) is 5.75 Å². The number of benzene rings is 1. The number of quaternary nitrogens is 1. The second-order valence-corrected chi connectivity index (χ2v) is 6.17. The lowest BCUT2D eigenvalue weighted by Gasteiger charge is -2.32. The third kappa shape index (κ3) is 3.42. The van der Waals surface area contributed by atoms with Gasteiger partial charge in [-0.05, 0) is 53.7 Å². The largest absolute Gasteiger partial charge is 0.503 e. The topological polar surface area (TPSA) is 33.9 Å². The number of aromatic hydroxyl groups is 1. The number of ether oxygens (including phenoxy) is 1. The van der Waals surface area contributed by atoms with E-state index in [9.17, 15) is 5.11 Å². The first-order valence-corrected chi connectivity index (χ1v) is 7.85. The van der Waals surface area contributed by atoms with Gasteiger partial charge in [0.2, 0.25) is 0 Å².